The number of aliphatic carboxylic acids is 1. The third-order valence-corrected chi connectivity index (χ3v) is 5.95. The van der Waals surface area contributed by atoms with Crippen molar-refractivity contribution < 1.29 is 33.8 Å². The molecule has 220 valence electrons. The molecule has 0 aliphatic heterocycles. The average molecular weight is 561 g/mol. The summed E-state index contributed by atoms with van der Waals surface area (Å²) in [6, 6.07) is 6.68. The highest BCUT2D eigenvalue weighted by molar-refractivity contribution is 5.92. The van der Waals surface area contributed by atoms with Crippen LogP contribution in [0.25, 0.3) is 10.9 Å². The maximum Gasteiger partial charge on any atom is 0.329 e. The van der Waals surface area contributed by atoms with Gasteiger partial charge in [0, 0.05) is 49.9 Å². The van der Waals surface area contributed by atoms with E-state index in [-0.39, 0.29) is 6.54 Å². The molecule has 1 heterocycles. The largest absolute Gasteiger partial charge is 0.481 e. The predicted molar refractivity (Wildman–Crippen MR) is 148 cm³/mol. The molecule has 2 rings (SSSR count). The van der Waals surface area contributed by atoms with Gasteiger partial charge in [-0.15, -0.1) is 0 Å². The molecule has 2 unspecified atom stereocenters. The van der Waals surface area contributed by atoms with Gasteiger partial charge in [0.1, 0.15) is 6.04 Å². The topological polar surface area (TPSA) is 171 Å². The van der Waals surface area contributed by atoms with Gasteiger partial charge < -0.3 is 30.5 Å². The number of carbonyl (C=O) groups is 4. The van der Waals surface area contributed by atoms with Gasteiger partial charge in [0.15, 0.2) is 6.29 Å². The number of nitrogens with zero attached hydrogens (tertiary/aromatic N) is 2. The van der Waals surface area contributed by atoms with Crippen LogP contribution < -0.4 is 21.4 Å². The summed E-state index contributed by atoms with van der Waals surface area (Å²) in [5, 5.41) is 19.5. The minimum absolute atomic E-state index is 0.315. The third-order valence-electron chi connectivity index (χ3n) is 5.95. The van der Waals surface area contributed by atoms with E-state index in [4.69, 9.17) is 9.47 Å². The van der Waals surface area contributed by atoms with Crippen LogP contribution in [0.1, 0.15) is 45.7 Å². The molecule has 0 spiro atoms. The lowest BCUT2D eigenvalue weighted by molar-refractivity contribution is -0.170. The normalized spacial score (nSPS) is 13.5. The molecule has 13 heteroatoms. The fourth-order valence-corrected chi connectivity index (χ4v) is 4.21. The van der Waals surface area contributed by atoms with Crippen molar-refractivity contribution in [2.45, 2.75) is 52.5 Å². The van der Waals surface area contributed by atoms with Crippen molar-refractivity contribution in [1.29, 1.82) is 0 Å². The summed E-state index contributed by atoms with van der Waals surface area (Å²) in [4.78, 5) is 54.1. The van der Waals surface area contributed by atoms with Gasteiger partial charge >= 0.3 is 12.0 Å². The molecule has 2 aromatic rings. The number of carbonyl (C=O) groups excluding carboxylic acids is 3. The number of fused-ring (bicyclic) bond motifs is 1. The lowest BCUT2D eigenvalue weighted by atomic mass is 9.91. The van der Waals surface area contributed by atoms with Crippen LogP contribution in [0.15, 0.2) is 36.5 Å². The predicted octanol–water partition coefficient (Wildman–Crippen LogP) is 1.55. The summed E-state index contributed by atoms with van der Waals surface area (Å²) in [7, 11) is 1.47. The Morgan fingerprint density at radius 1 is 1.02 bits per heavy atom. The number of para-hydroxylation sites is 1. The fraction of sp³-hybridized carbons (Fsp3) is 0.519. The van der Waals surface area contributed by atoms with Gasteiger partial charge in [-0.3, -0.25) is 24.8 Å². The number of urea groups is 1. The highest BCUT2D eigenvalue weighted by Gasteiger charge is 2.34. The van der Waals surface area contributed by atoms with Gasteiger partial charge in [0.2, 0.25) is 11.8 Å². The SMILES string of the molecule is CCNC(=O)NN(C)CC(=O)NC(CC(=O)O)C(=O)NC(c1cccc2cccnc12)[C@H](C)C(OCC)OCC. The number of carboxylic acids is 1. The monoisotopic (exact) mass is 560 g/mol. The second-order valence-corrected chi connectivity index (χ2v) is 9.09. The second-order valence-electron chi connectivity index (χ2n) is 9.09. The fourth-order valence-electron chi connectivity index (χ4n) is 4.21. The molecule has 0 radical (unpaired) electrons. The van der Waals surface area contributed by atoms with E-state index >= 15 is 0 Å². The number of aromatic nitrogens is 1. The summed E-state index contributed by atoms with van der Waals surface area (Å²) >= 11 is 0. The van der Waals surface area contributed by atoms with Crippen molar-refractivity contribution in [2.75, 3.05) is 33.4 Å². The first-order chi connectivity index (χ1) is 19.1. The molecule has 0 fully saturated rings. The Hall–Kier alpha value is -3.81. The Balaban J connectivity index is 2.34. The van der Waals surface area contributed by atoms with E-state index in [1.807, 2.05) is 51.1 Å². The summed E-state index contributed by atoms with van der Waals surface area (Å²) in [5.74, 6) is -3.05. The number of amides is 4. The standard InChI is InChI=1S/C27H40N6O7/c1-6-28-27(38)32-33(5)16-21(34)30-20(15-22(35)36)25(37)31-23(17(4)26(39-7-2)40-8-3)19-13-9-11-18-12-10-14-29-24(18)19/h9-14,17,20,23,26H,6-8,15-16H2,1-5H3,(H,30,34)(H,31,37)(H,35,36)(H2,28,32,38)/t17-,20?,23?/m0/s1. The van der Waals surface area contributed by atoms with Crippen molar-refractivity contribution in [3.63, 3.8) is 0 Å². The minimum atomic E-state index is -1.39. The van der Waals surface area contributed by atoms with Crippen LogP contribution in [0.3, 0.4) is 0 Å². The Bertz CT molecular complexity index is 1140. The average Bonchev–Trinajstić information content (AvgIpc) is 2.90. The highest BCUT2D eigenvalue weighted by atomic mass is 16.7. The van der Waals surface area contributed by atoms with Crippen molar-refractivity contribution in [2.24, 2.45) is 5.92 Å². The first-order valence-electron chi connectivity index (χ1n) is 13.2. The van der Waals surface area contributed by atoms with E-state index in [9.17, 15) is 24.3 Å². The van der Waals surface area contributed by atoms with Crippen LogP contribution in [0.5, 0.6) is 0 Å². The zero-order chi connectivity index (χ0) is 29.7. The van der Waals surface area contributed by atoms with Crippen LogP contribution in [-0.4, -0.2) is 84.6 Å². The molecule has 3 atom stereocenters. The number of likely N-dealkylation sites (N-methyl/N-ethyl adjacent to an activating group) is 1. The molecule has 13 nitrogen and oxygen atoms in total. The van der Waals surface area contributed by atoms with Crippen molar-refractivity contribution in [3.05, 3.63) is 42.1 Å². The summed E-state index contributed by atoms with van der Waals surface area (Å²) in [5.41, 5.74) is 3.80. The van der Waals surface area contributed by atoms with Crippen LogP contribution in [0.2, 0.25) is 0 Å². The van der Waals surface area contributed by atoms with Gasteiger partial charge in [-0.1, -0.05) is 31.2 Å². The molecule has 40 heavy (non-hydrogen) atoms. The second kappa shape index (κ2) is 16.3. The highest BCUT2D eigenvalue weighted by Crippen LogP contribution is 2.31. The number of hydrazine groups is 1. The van der Waals surface area contributed by atoms with Gasteiger partial charge in [-0.05, 0) is 26.8 Å². The van der Waals surface area contributed by atoms with Gasteiger partial charge in [-0.2, -0.15) is 0 Å². The first kappa shape index (κ1) is 32.4. The molecule has 1 aromatic heterocycles. The number of rotatable bonds is 16. The van der Waals surface area contributed by atoms with Crippen LogP contribution >= 0.6 is 0 Å². The van der Waals surface area contributed by atoms with E-state index in [0.29, 0.717) is 30.8 Å². The smallest absolute Gasteiger partial charge is 0.329 e. The Morgan fingerprint density at radius 3 is 2.33 bits per heavy atom. The van der Waals surface area contributed by atoms with Gasteiger partial charge in [0.25, 0.3) is 0 Å². The maximum absolute atomic E-state index is 13.5. The number of hydrogen-bond acceptors (Lipinski definition) is 8. The van der Waals surface area contributed by atoms with Crippen molar-refractivity contribution in [3.8, 4) is 0 Å². The van der Waals surface area contributed by atoms with E-state index in [0.717, 1.165) is 5.39 Å². The number of nitrogens with one attached hydrogen (secondary N) is 4. The lowest BCUT2D eigenvalue weighted by Gasteiger charge is -2.33. The van der Waals surface area contributed by atoms with E-state index in [2.05, 4.69) is 26.4 Å². The van der Waals surface area contributed by atoms with Gasteiger partial charge in [-0.25, -0.2) is 9.80 Å². The molecular weight excluding hydrogens is 520 g/mol. The summed E-state index contributed by atoms with van der Waals surface area (Å²) in [6.07, 6.45) is 0.317. The Kier molecular flexibility index (Phi) is 13.2. The number of ether oxygens (including phenoxy) is 2. The molecule has 0 saturated heterocycles. The Morgan fingerprint density at radius 2 is 1.70 bits per heavy atom. The van der Waals surface area contributed by atoms with Crippen LogP contribution in [0.4, 0.5) is 4.79 Å². The molecule has 0 aliphatic carbocycles. The molecule has 0 aliphatic rings. The van der Waals surface area contributed by atoms with E-state index in [1.54, 1.807) is 13.1 Å². The molecule has 0 bridgehead atoms. The van der Waals surface area contributed by atoms with Crippen molar-refractivity contribution >= 4 is 34.7 Å². The maximum atomic E-state index is 13.5. The molecule has 5 N–H and O–H groups in total. The number of hydrogen-bond donors (Lipinski definition) is 5. The first-order valence-corrected chi connectivity index (χ1v) is 13.2. The number of carboxylic acid groups (broad SMARTS) is 1. The van der Waals surface area contributed by atoms with E-state index < -0.39 is 54.5 Å². The van der Waals surface area contributed by atoms with Crippen LogP contribution in [-0.2, 0) is 23.9 Å². The zero-order valence-corrected chi connectivity index (χ0v) is 23.6. The summed E-state index contributed by atoms with van der Waals surface area (Å²) in [6.45, 7) is 8.10. The number of benzene rings is 1. The van der Waals surface area contributed by atoms with E-state index in [1.165, 1.54) is 12.1 Å². The van der Waals surface area contributed by atoms with Crippen molar-refractivity contribution in [1.82, 2.24) is 31.4 Å². The third kappa shape index (κ3) is 9.74. The Labute approximate surface area is 233 Å². The molecule has 1 aromatic carbocycles. The van der Waals surface area contributed by atoms with Gasteiger partial charge in [0.05, 0.1) is 24.5 Å². The minimum Gasteiger partial charge on any atom is -0.481 e. The van der Waals surface area contributed by atoms with Crippen LogP contribution in [0, 0.1) is 5.92 Å². The quantitative estimate of drug-likeness (QED) is 0.151. The molecule has 4 amide bonds. The molecular formula is C27H40N6O7. The lowest BCUT2D eigenvalue weighted by Crippen LogP contribution is -2.54. The molecule has 0 saturated carbocycles. The number of pyridine rings is 1. The zero-order valence-electron chi connectivity index (χ0n) is 23.6. The summed E-state index contributed by atoms with van der Waals surface area (Å²) < 4.78 is 11.6.